The molecule has 5 nitrogen and oxygen atoms in total. The second-order valence-electron chi connectivity index (χ2n) is 5.62. The molecule has 1 N–H and O–H groups in total. The molecule has 1 aromatic carbocycles. The van der Waals surface area contributed by atoms with Gasteiger partial charge in [0.2, 0.25) is 0 Å². The first-order valence-electron chi connectivity index (χ1n) is 7.44. The molecule has 0 atom stereocenters. The zero-order chi connectivity index (χ0) is 16.2. The fourth-order valence-electron chi connectivity index (χ4n) is 2.72. The van der Waals surface area contributed by atoms with Crippen LogP contribution in [0.3, 0.4) is 0 Å². The Kier molecular flexibility index (Phi) is 4.88. The zero-order valence-electron chi connectivity index (χ0n) is 12.4. The van der Waals surface area contributed by atoms with E-state index in [1.165, 1.54) is 0 Å². The first-order valence-corrected chi connectivity index (χ1v) is 8.32. The van der Waals surface area contributed by atoms with Gasteiger partial charge in [-0.3, -0.25) is 14.6 Å². The van der Waals surface area contributed by atoms with Gasteiger partial charge in [0, 0.05) is 15.5 Å². The van der Waals surface area contributed by atoms with Crippen LogP contribution >= 0.6 is 11.3 Å². The number of halogens is 1. The van der Waals surface area contributed by atoms with Crippen molar-refractivity contribution in [1.29, 1.82) is 0 Å². The van der Waals surface area contributed by atoms with Gasteiger partial charge in [0.25, 0.3) is 0 Å². The number of thiazole rings is 1. The molecule has 0 aliphatic carbocycles. The Morgan fingerprint density at radius 3 is 2.65 bits per heavy atom. The molecule has 1 fully saturated rings. The Morgan fingerprint density at radius 1 is 1.35 bits per heavy atom. The molecule has 1 aliphatic heterocycles. The summed E-state index contributed by atoms with van der Waals surface area (Å²) in [5.74, 6) is -0.735. The predicted octanol–water partition coefficient (Wildman–Crippen LogP) is 3.37. The second-order valence-corrected chi connectivity index (χ2v) is 6.56. The average Bonchev–Trinajstić information content (AvgIpc) is 3.04. The minimum absolute atomic E-state index is 0.172. The van der Waals surface area contributed by atoms with E-state index in [4.69, 9.17) is 5.11 Å². The molecule has 0 saturated carbocycles. The van der Waals surface area contributed by atoms with E-state index in [9.17, 15) is 9.32 Å². The van der Waals surface area contributed by atoms with Crippen molar-refractivity contribution in [3.63, 3.8) is 0 Å². The van der Waals surface area contributed by atoms with Gasteiger partial charge in [-0.2, -0.15) is 0 Å². The van der Waals surface area contributed by atoms with Crippen LogP contribution in [0.2, 0.25) is 0 Å². The molecule has 0 amide bonds. The normalized spacial score (nSPS) is 16.4. The average molecular weight is 336 g/mol. The fraction of sp³-hybridized carbons (Fsp3) is 0.375. The van der Waals surface area contributed by atoms with Gasteiger partial charge in [-0.05, 0) is 50.2 Å². The molecule has 1 aromatic heterocycles. The van der Waals surface area contributed by atoms with Gasteiger partial charge < -0.3 is 5.11 Å². The molecule has 0 radical (unpaired) electrons. The van der Waals surface area contributed by atoms with E-state index < -0.39 is 5.97 Å². The minimum Gasteiger partial charge on any atom is -0.481 e. The van der Waals surface area contributed by atoms with Crippen LogP contribution < -0.4 is 4.94 Å². The predicted molar refractivity (Wildman–Crippen MR) is 84.9 cm³/mol. The summed E-state index contributed by atoms with van der Waals surface area (Å²) in [6.45, 7) is 2.31. The monoisotopic (exact) mass is 336 g/mol. The van der Waals surface area contributed by atoms with Crippen LogP contribution in [-0.4, -0.2) is 34.0 Å². The molecule has 0 unspecified atom stereocenters. The summed E-state index contributed by atoms with van der Waals surface area (Å²) in [6.07, 6.45) is 1.39. The maximum Gasteiger partial charge on any atom is 0.306 e. The van der Waals surface area contributed by atoms with Crippen molar-refractivity contribution in [1.82, 2.24) is 9.88 Å². The molecule has 1 aliphatic rings. The van der Waals surface area contributed by atoms with Gasteiger partial charge in [-0.25, -0.2) is 4.98 Å². The van der Waals surface area contributed by atoms with Crippen molar-refractivity contribution >= 4 is 17.3 Å². The van der Waals surface area contributed by atoms with Crippen LogP contribution in [0, 0.1) is 5.92 Å². The van der Waals surface area contributed by atoms with Gasteiger partial charge >= 0.3 is 5.97 Å². The number of benzene rings is 1. The molecule has 23 heavy (non-hydrogen) atoms. The maximum atomic E-state index is 12.0. The number of nitrogens with zero attached hydrogens (tertiary/aromatic N) is 2. The van der Waals surface area contributed by atoms with Crippen molar-refractivity contribution in [2.45, 2.75) is 19.4 Å². The summed E-state index contributed by atoms with van der Waals surface area (Å²) in [5.41, 5.74) is 1.77. The molecular formula is C16H17FN2O3S. The first-order chi connectivity index (χ1) is 11.2. The van der Waals surface area contributed by atoms with Crippen LogP contribution in [0.4, 0.5) is 4.53 Å². The summed E-state index contributed by atoms with van der Waals surface area (Å²) in [7, 11) is 0. The minimum atomic E-state index is -0.693. The molecule has 7 heteroatoms. The van der Waals surface area contributed by atoms with Crippen LogP contribution in [0.5, 0.6) is 5.75 Å². The van der Waals surface area contributed by atoms with Gasteiger partial charge in [-0.1, -0.05) is 0 Å². The highest BCUT2D eigenvalue weighted by Crippen LogP contribution is 2.26. The number of rotatable bonds is 5. The third-order valence-corrected chi connectivity index (χ3v) is 4.92. The van der Waals surface area contributed by atoms with Crippen LogP contribution in [-0.2, 0) is 11.3 Å². The lowest BCUT2D eigenvalue weighted by atomic mass is 9.97. The molecular weight excluding hydrogens is 319 g/mol. The molecule has 2 heterocycles. The number of likely N-dealkylation sites (tertiary alicyclic amines) is 1. The first kappa shape index (κ1) is 15.9. The number of carboxylic acids is 1. The highest BCUT2D eigenvalue weighted by Gasteiger charge is 2.24. The Labute approximate surface area is 137 Å². The van der Waals surface area contributed by atoms with Gasteiger partial charge in [0.05, 0.1) is 18.2 Å². The quantitative estimate of drug-likeness (QED) is 0.907. The number of hydrogen-bond donors (Lipinski definition) is 1. The number of carbonyl (C=O) groups is 1. The molecule has 2 aromatic rings. The summed E-state index contributed by atoms with van der Waals surface area (Å²) in [6, 6.07) is 6.66. The smallest absolute Gasteiger partial charge is 0.306 e. The van der Waals surface area contributed by atoms with Crippen LogP contribution in [0.15, 0.2) is 29.6 Å². The standard InChI is InChI=1S/C16H17FN2O3S/c17-22-13-3-1-11(2-4-13)14-10-23-15(18-14)9-19-7-5-12(6-8-19)16(20)21/h1-4,10,12H,5-9H2,(H,20,21). The lowest BCUT2D eigenvalue weighted by molar-refractivity contribution is -0.143. The molecule has 3 rings (SSSR count). The van der Waals surface area contributed by atoms with Crippen LogP contribution in [0.25, 0.3) is 11.3 Å². The Bertz CT molecular complexity index is 666. The number of aromatic nitrogens is 1. The number of piperidine rings is 1. The van der Waals surface area contributed by atoms with Crippen molar-refractivity contribution in [2.24, 2.45) is 5.92 Å². The van der Waals surface area contributed by atoms with E-state index >= 15 is 0 Å². The van der Waals surface area contributed by atoms with E-state index in [-0.39, 0.29) is 11.7 Å². The number of hydrogen-bond acceptors (Lipinski definition) is 5. The zero-order valence-corrected chi connectivity index (χ0v) is 13.3. The van der Waals surface area contributed by atoms with Gasteiger partial charge in [0.1, 0.15) is 5.01 Å². The lowest BCUT2D eigenvalue weighted by Gasteiger charge is -2.29. The van der Waals surface area contributed by atoms with Gasteiger partial charge in [-0.15, -0.1) is 11.3 Å². The maximum absolute atomic E-state index is 12.0. The van der Waals surface area contributed by atoms with E-state index in [0.29, 0.717) is 12.8 Å². The highest BCUT2D eigenvalue weighted by atomic mass is 32.1. The van der Waals surface area contributed by atoms with Crippen molar-refractivity contribution in [3.05, 3.63) is 34.7 Å². The van der Waals surface area contributed by atoms with Crippen molar-refractivity contribution in [2.75, 3.05) is 13.1 Å². The second kappa shape index (κ2) is 7.06. The number of aliphatic carboxylic acids is 1. The third-order valence-electron chi connectivity index (χ3n) is 4.09. The lowest BCUT2D eigenvalue weighted by Crippen LogP contribution is -2.35. The Morgan fingerprint density at radius 2 is 2.04 bits per heavy atom. The molecule has 0 bridgehead atoms. The van der Waals surface area contributed by atoms with E-state index in [2.05, 4.69) is 14.8 Å². The summed E-state index contributed by atoms with van der Waals surface area (Å²) in [4.78, 5) is 21.5. The summed E-state index contributed by atoms with van der Waals surface area (Å²) in [5, 5.41) is 12.0. The fourth-order valence-corrected chi connectivity index (χ4v) is 3.57. The number of carboxylic acid groups (broad SMARTS) is 1. The summed E-state index contributed by atoms with van der Waals surface area (Å²) < 4.78 is 12.0. The van der Waals surface area contributed by atoms with Gasteiger partial charge in [0.15, 0.2) is 5.75 Å². The topological polar surface area (TPSA) is 62.7 Å². The van der Waals surface area contributed by atoms with E-state index in [1.807, 2.05) is 5.38 Å². The largest absolute Gasteiger partial charge is 0.481 e. The Hall–Kier alpha value is -1.99. The molecule has 122 valence electrons. The molecule has 0 spiro atoms. The Balaban J connectivity index is 1.60. The third kappa shape index (κ3) is 3.86. The molecule has 1 saturated heterocycles. The SMILES string of the molecule is O=C(O)C1CCN(Cc2nc(-c3ccc(OF)cc3)cs2)CC1. The van der Waals surface area contributed by atoms with Crippen LogP contribution in [0.1, 0.15) is 17.8 Å². The summed E-state index contributed by atoms with van der Waals surface area (Å²) >= 11 is 1.58. The van der Waals surface area contributed by atoms with Crippen molar-refractivity contribution < 1.29 is 19.4 Å². The van der Waals surface area contributed by atoms with Crippen molar-refractivity contribution in [3.8, 4) is 17.0 Å². The van der Waals surface area contributed by atoms with E-state index in [1.54, 1.807) is 35.6 Å². The highest BCUT2D eigenvalue weighted by molar-refractivity contribution is 7.09. The van der Waals surface area contributed by atoms with E-state index in [0.717, 1.165) is 35.9 Å².